The van der Waals surface area contributed by atoms with Gasteiger partial charge in [-0.3, -0.25) is 4.79 Å². The third-order valence-corrected chi connectivity index (χ3v) is 3.96. The first-order chi connectivity index (χ1) is 12.6. The van der Waals surface area contributed by atoms with E-state index < -0.39 is 12.1 Å². The number of nitrogens with one attached hydrogen (secondary N) is 2. The van der Waals surface area contributed by atoms with Crippen LogP contribution in [0.4, 0.5) is 4.79 Å². The van der Waals surface area contributed by atoms with E-state index in [1.54, 1.807) is 13.1 Å². The summed E-state index contributed by atoms with van der Waals surface area (Å²) in [5, 5.41) is 6.65. The highest BCUT2D eigenvalue weighted by Gasteiger charge is 2.18. The Hall–Kier alpha value is -2.67. The number of hydrazone groups is 1. The molecule has 0 saturated carbocycles. The van der Waals surface area contributed by atoms with Gasteiger partial charge in [0.2, 0.25) is 5.91 Å². The summed E-state index contributed by atoms with van der Waals surface area (Å²) in [5.74, 6) is -0.316. The number of carbonyl (C=O) groups excluding carboxylic acids is 2. The quantitative estimate of drug-likeness (QED) is 0.531. The Morgan fingerprint density at radius 1 is 1.15 bits per heavy atom. The summed E-state index contributed by atoms with van der Waals surface area (Å²) < 4.78 is 5.88. The second-order valence-electron chi connectivity index (χ2n) is 5.38. The average molecular weight is 418 g/mol. The molecule has 6 nitrogen and oxygen atoms in total. The van der Waals surface area contributed by atoms with E-state index in [4.69, 9.17) is 4.74 Å². The van der Waals surface area contributed by atoms with E-state index >= 15 is 0 Å². The molecule has 0 spiro atoms. The highest BCUT2D eigenvalue weighted by Crippen LogP contribution is 2.16. The molecule has 136 valence electrons. The van der Waals surface area contributed by atoms with Crippen molar-refractivity contribution < 1.29 is 14.3 Å². The van der Waals surface area contributed by atoms with Gasteiger partial charge in [-0.25, -0.2) is 10.2 Å². The van der Waals surface area contributed by atoms with Gasteiger partial charge in [-0.1, -0.05) is 58.4 Å². The van der Waals surface area contributed by atoms with Crippen LogP contribution < -0.4 is 10.7 Å². The van der Waals surface area contributed by atoms with Gasteiger partial charge in [-0.05, 0) is 30.2 Å². The summed E-state index contributed by atoms with van der Waals surface area (Å²) in [7, 11) is 0. The number of nitrogens with zero attached hydrogens (tertiary/aromatic N) is 1. The smallest absolute Gasteiger partial charge is 0.407 e. The highest BCUT2D eigenvalue weighted by atomic mass is 79.9. The lowest BCUT2D eigenvalue weighted by molar-refractivity contribution is -0.121. The third-order valence-electron chi connectivity index (χ3n) is 3.43. The van der Waals surface area contributed by atoms with E-state index in [2.05, 4.69) is 31.8 Å². The largest absolute Gasteiger partial charge is 0.450 e. The van der Waals surface area contributed by atoms with E-state index in [0.29, 0.717) is 0 Å². The minimum absolute atomic E-state index is 0.0422. The second-order valence-corrected chi connectivity index (χ2v) is 6.29. The van der Waals surface area contributed by atoms with Crippen LogP contribution in [0.15, 0.2) is 64.2 Å². The molecule has 1 atom stereocenters. The van der Waals surface area contributed by atoms with Crippen molar-refractivity contribution in [3.05, 3.63) is 70.2 Å². The second kappa shape index (κ2) is 10.4. The van der Waals surface area contributed by atoms with Gasteiger partial charge in [0.25, 0.3) is 0 Å². The number of rotatable bonds is 7. The van der Waals surface area contributed by atoms with Crippen LogP contribution in [0.1, 0.15) is 30.5 Å². The molecule has 2 rings (SSSR count). The lowest BCUT2D eigenvalue weighted by atomic mass is 10.0. The number of hydrogen-bond donors (Lipinski definition) is 2. The van der Waals surface area contributed by atoms with Crippen LogP contribution in [0, 0.1) is 0 Å². The first-order valence-electron chi connectivity index (χ1n) is 8.14. The molecule has 0 aromatic heterocycles. The lowest BCUT2D eigenvalue weighted by Gasteiger charge is -2.18. The van der Waals surface area contributed by atoms with E-state index in [1.807, 2.05) is 54.6 Å². The van der Waals surface area contributed by atoms with Crippen molar-refractivity contribution in [3.8, 4) is 0 Å². The van der Waals surface area contributed by atoms with Gasteiger partial charge in [0.1, 0.15) is 0 Å². The summed E-state index contributed by atoms with van der Waals surface area (Å²) in [6.45, 7) is 1.98. The van der Waals surface area contributed by atoms with E-state index in [1.165, 1.54) is 0 Å². The Balaban J connectivity index is 1.96. The Morgan fingerprint density at radius 2 is 1.85 bits per heavy atom. The Kier molecular flexibility index (Phi) is 7.82. The van der Waals surface area contributed by atoms with Gasteiger partial charge in [0, 0.05) is 4.47 Å². The van der Waals surface area contributed by atoms with Crippen molar-refractivity contribution in [3.63, 3.8) is 0 Å². The van der Waals surface area contributed by atoms with Crippen molar-refractivity contribution in [2.75, 3.05) is 6.61 Å². The third kappa shape index (κ3) is 6.68. The summed E-state index contributed by atoms with van der Waals surface area (Å²) in [4.78, 5) is 23.9. The van der Waals surface area contributed by atoms with E-state index in [0.717, 1.165) is 15.6 Å². The van der Waals surface area contributed by atoms with Crippen LogP contribution in [-0.2, 0) is 9.53 Å². The summed E-state index contributed by atoms with van der Waals surface area (Å²) in [6, 6.07) is 16.3. The van der Waals surface area contributed by atoms with Crippen LogP contribution in [0.2, 0.25) is 0 Å². The Labute approximate surface area is 160 Å². The van der Waals surface area contributed by atoms with Gasteiger partial charge >= 0.3 is 6.09 Å². The molecule has 0 aliphatic heterocycles. The van der Waals surface area contributed by atoms with E-state index in [9.17, 15) is 9.59 Å². The zero-order valence-corrected chi connectivity index (χ0v) is 15.9. The van der Waals surface area contributed by atoms with Gasteiger partial charge in [0.05, 0.1) is 25.3 Å². The highest BCUT2D eigenvalue weighted by molar-refractivity contribution is 9.10. The van der Waals surface area contributed by atoms with Crippen molar-refractivity contribution in [2.45, 2.75) is 19.4 Å². The van der Waals surface area contributed by atoms with Crippen LogP contribution in [-0.4, -0.2) is 24.8 Å². The molecule has 0 aliphatic carbocycles. The van der Waals surface area contributed by atoms with Crippen molar-refractivity contribution in [1.82, 2.24) is 10.7 Å². The first kappa shape index (κ1) is 19.7. The maximum Gasteiger partial charge on any atom is 0.407 e. The molecule has 7 heteroatoms. The number of benzene rings is 2. The van der Waals surface area contributed by atoms with E-state index in [-0.39, 0.29) is 18.9 Å². The standard InChI is InChI=1S/C19H20BrN3O3/c1-2-26-19(25)22-17(15-6-4-3-5-7-15)12-18(24)23-21-13-14-8-10-16(20)11-9-14/h3-11,13,17H,2,12H2,1H3,(H,22,25)(H,23,24)/b21-13-/t17-/m1/s1. The zero-order chi connectivity index (χ0) is 18.8. The van der Waals surface area contributed by atoms with Crippen LogP contribution in [0.5, 0.6) is 0 Å². The molecule has 26 heavy (non-hydrogen) atoms. The molecular weight excluding hydrogens is 398 g/mol. The normalized spacial score (nSPS) is 11.8. The summed E-state index contributed by atoms with van der Waals surface area (Å²) >= 11 is 3.36. The number of alkyl carbamates (subject to hydrolysis) is 1. The van der Waals surface area contributed by atoms with Crippen molar-refractivity contribution >= 4 is 34.1 Å². The minimum atomic E-state index is -0.562. The number of ether oxygens (including phenoxy) is 1. The number of carbonyl (C=O) groups is 2. The average Bonchev–Trinajstić information content (AvgIpc) is 2.64. The summed E-state index contributed by atoms with van der Waals surface area (Å²) in [6.07, 6.45) is 1.04. The molecule has 2 aromatic carbocycles. The summed E-state index contributed by atoms with van der Waals surface area (Å²) in [5.41, 5.74) is 4.15. The number of amides is 2. The first-order valence-corrected chi connectivity index (χ1v) is 8.93. The maximum atomic E-state index is 12.2. The molecular formula is C19H20BrN3O3. The molecule has 2 N–H and O–H groups in total. The fourth-order valence-electron chi connectivity index (χ4n) is 2.21. The maximum absolute atomic E-state index is 12.2. The predicted octanol–water partition coefficient (Wildman–Crippen LogP) is 3.78. The van der Waals surface area contributed by atoms with Crippen LogP contribution in [0.25, 0.3) is 0 Å². The van der Waals surface area contributed by atoms with Crippen molar-refractivity contribution in [1.29, 1.82) is 0 Å². The zero-order valence-electron chi connectivity index (χ0n) is 14.3. The molecule has 2 aromatic rings. The monoisotopic (exact) mass is 417 g/mol. The van der Waals surface area contributed by atoms with Gasteiger partial charge < -0.3 is 10.1 Å². The van der Waals surface area contributed by atoms with Gasteiger partial charge in [-0.2, -0.15) is 5.10 Å². The molecule has 0 unspecified atom stereocenters. The topological polar surface area (TPSA) is 79.8 Å². The Morgan fingerprint density at radius 3 is 2.50 bits per heavy atom. The SMILES string of the molecule is CCOC(=O)N[C@H](CC(=O)N/N=C\c1ccc(Br)cc1)c1ccccc1. The fourth-order valence-corrected chi connectivity index (χ4v) is 2.48. The van der Waals surface area contributed by atoms with Crippen molar-refractivity contribution in [2.24, 2.45) is 5.10 Å². The molecule has 0 bridgehead atoms. The molecule has 0 radical (unpaired) electrons. The van der Waals surface area contributed by atoms with Crippen LogP contribution >= 0.6 is 15.9 Å². The molecule has 0 aliphatic rings. The van der Waals surface area contributed by atoms with Crippen LogP contribution in [0.3, 0.4) is 0 Å². The molecule has 2 amide bonds. The fraction of sp³-hybridized carbons (Fsp3) is 0.211. The lowest BCUT2D eigenvalue weighted by Crippen LogP contribution is -2.33. The minimum Gasteiger partial charge on any atom is -0.450 e. The molecule has 0 heterocycles. The molecule has 0 fully saturated rings. The van der Waals surface area contributed by atoms with Gasteiger partial charge in [0.15, 0.2) is 0 Å². The number of hydrogen-bond acceptors (Lipinski definition) is 4. The Bertz CT molecular complexity index is 748. The molecule has 0 saturated heterocycles. The number of halogens is 1. The van der Waals surface area contributed by atoms with Gasteiger partial charge in [-0.15, -0.1) is 0 Å². The predicted molar refractivity (Wildman–Crippen MR) is 104 cm³/mol.